The summed E-state index contributed by atoms with van der Waals surface area (Å²) in [7, 11) is 0. The highest BCUT2D eigenvalue weighted by Gasteiger charge is 2.54. The monoisotopic (exact) mass is 502 g/mol. The number of carbonyl (C=O) groups excluding carboxylic acids is 3. The van der Waals surface area contributed by atoms with Gasteiger partial charge in [0.05, 0.1) is 6.67 Å². The van der Waals surface area contributed by atoms with E-state index in [4.69, 9.17) is 0 Å². The molecule has 1 saturated carbocycles. The number of nitrogens with one attached hydrogen (secondary N) is 1. The van der Waals surface area contributed by atoms with E-state index in [0.29, 0.717) is 50.6 Å². The quantitative estimate of drug-likeness (QED) is 0.649. The first kappa shape index (κ1) is 25.3. The lowest BCUT2D eigenvalue weighted by atomic mass is 9.85. The summed E-state index contributed by atoms with van der Waals surface area (Å²) in [6, 6.07) is 17.6. The van der Waals surface area contributed by atoms with Crippen molar-refractivity contribution in [2.24, 2.45) is 5.92 Å². The third-order valence-electron chi connectivity index (χ3n) is 8.41. The van der Waals surface area contributed by atoms with Crippen molar-refractivity contribution in [2.75, 3.05) is 37.7 Å². The van der Waals surface area contributed by atoms with Crippen LogP contribution in [0.2, 0.25) is 0 Å². The number of nitrogens with zero attached hydrogens (tertiary/aromatic N) is 3. The molecule has 7 heteroatoms. The Morgan fingerprint density at radius 1 is 0.946 bits per heavy atom. The molecule has 3 amide bonds. The molecule has 0 atom stereocenters. The minimum absolute atomic E-state index is 0.00510. The molecule has 3 aliphatic rings. The van der Waals surface area contributed by atoms with Crippen molar-refractivity contribution in [3.8, 4) is 0 Å². The third-order valence-corrected chi connectivity index (χ3v) is 8.41. The molecule has 0 unspecified atom stereocenters. The van der Waals surface area contributed by atoms with E-state index in [9.17, 15) is 14.4 Å². The fraction of sp³-hybridized carbons (Fsp3) is 0.500. The lowest BCUT2D eigenvalue weighted by molar-refractivity contribution is -0.137. The normalized spacial score (nSPS) is 19.9. The lowest BCUT2D eigenvalue weighted by Crippen LogP contribution is -2.57. The van der Waals surface area contributed by atoms with Crippen LogP contribution in [0.15, 0.2) is 54.6 Å². The van der Waals surface area contributed by atoms with Gasteiger partial charge in [-0.05, 0) is 62.8 Å². The van der Waals surface area contributed by atoms with E-state index in [1.807, 2.05) is 66.4 Å². The number of aryl methyl sites for hydroxylation is 1. The maximum atomic E-state index is 13.9. The van der Waals surface area contributed by atoms with Crippen molar-refractivity contribution >= 4 is 23.4 Å². The van der Waals surface area contributed by atoms with Gasteiger partial charge in [-0.1, -0.05) is 55.2 Å². The topological polar surface area (TPSA) is 73.0 Å². The predicted molar refractivity (Wildman–Crippen MR) is 144 cm³/mol. The van der Waals surface area contributed by atoms with Crippen LogP contribution >= 0.6 is 0 Å². The molecule has 0 radical (unpaired) electrons. The molecule has 37 heavy (non-hydrogen) atoms. The van der Waals surface area contributed by atoms with Crippen LogP contribution in [0.1, 0.15) is 60.9 Å². The molecule has 3 fully saturated rings. The van der Waals surface area contributed by atoms with Crippen LogP contribution in [0, 0.1) is 12.8 Å². The molecular formula is C30H38N4O3. The average Bonchev–Trinajstić information content (AvgIpc) is 3.19. The van der Waals surface area contributed by atoms with E-state index in [2.05, 4.69) is 10.2 Å². The van der Waals surface area contributed by atoms with Gasteiger partial charge in [0.15, 0.2) is 0 Å². The number of carbonyl (C=O) groups is 3. The molecule has 2 aromatic rings. The van der Waals surface area contributed by atoms with Crippen LogP contribution in [-0.4, -0.2) is 65.9 Å². The first-order valence-corrected chi connectivity index (χ1v) is 13.7. The minimum Gasteiger partial charge on any atom is -0.354 e. The van der Waals surface area contributed by atoms with Gasteiger partial charge in [-0.25, -0.2) is 0 Å². The molecule has 7 nitrogen and oxygen atoms in total. The zero-order valence-corrected chi connectivity index (χ0v) is 21.8. The van der Waals surface area contributed by atoms with E-state index in [0.717, 1.165) is 11.3 Å². The lowest BCUT2D eigenvalue weighted by Gasteiger charge is -2.43. The second-order valence-electron chi connectivity index (χ2n) is 10.9. The van der Waals surface area contributed by atoms with Crippen LogP contribution < -0.4 is 10.2 Å². The summed E-state index contributed by atoms with van der Waals surface area (Å²) >= 11 is 0. The van der Waals surface area contributed by atoms with Gasteiger partial charge >= 0.3 is 0 Å². The summed E-state index contributed by atoms with van der Waals surface area (Å²) in [4.78, 5) is 45.6. The number of likely N-dealkylation sites (tertiary alicyclic amines) is 1. The third kappa shape index (κ3) is 5.36. The van der Waals surface area contributed by atoms with E-state index < -0.39 is 5.54 Å². The first-order chi connectivity index (χ1) is 18.0. The summed E-state index contributed by atoms with van der Waals surface area (Å²) in [5, 5.41) is 3.09. The van der Waals surface area contributed by atoms with Crippen LogP contribution in [0.5, 0.6) is 0 Å². The van der Waals surface area contributed by atoms with E-state index >= 15 is 0 Å². The Hall–Kier alpha value is -3.35. The molecule has 0 aromatic heterocycles. The van der Waals surface area contributed by atoms with Crippen molar-refractivity contribution in [3.63, 3.8) is 0 Å². The van der Waals surface area contributed by atoms with Gasteiger partial charge in [0, 0.05) is 30.9 Å². The Kier molecular flexibility index (Phi) is 7.49. The van der Waals surface area contributed by atoms with Crippen LogP contribution in [0.3, 0.4) is 0 Å². The van der Waals surface area contributed by atoms with Gasteiger partial charge in [0.25, 0.3) is 11.8 Å². The maximum absolute atomic E-state index is 13.9. The summed E-state index contributed by atoms with van der Waals surface area (Å²) < 4.78 is 0. The van der Waals surface area contributed by atoms with Gasteiger partial charge in [0.2, 0.25) is 5.91 Å². The van der Waals surface area contributed by atoms with Gasteiger partial charge in [-0.2, -0.15) is 0 Å². The highest BCUT2D eigenvalue weighted by atomic mass is 16.2. The fourth-order valence-electron chi connectivity index (χ4n) is 6.16. The van der Waals surface area contributed by atoms with Crippen LogP contribution in [-0.2, 0) is 9.59 Å². The van der Waals surface area contributed by atoms with Crippen molar-refractivity contribution in [1.29, 1.82) is 0 Å². The molecule has 0 bridgehead atoms. The summed E-state index contributed by atoms with van der Waals surface area (Å²) in [5.41, 5.74) is 2.02. The fourth-order valence-corrected chi connectivity index (χ4v) is 6.16. The predicted octanol–water partition coefficient (Wildman–Crippen LogP) is 3.97. The molecule has 1 aliphatic carbocycles. The van der Waals surface area contributed by atoms with Crippen LogP contribution in [0.25, 0.3) is 0 Å². The van der Waals surface area contributed by atoms with Crippen molar-refractivity contribution in [3.05, 3.63) is 65.7 Å². The van der Waals surface area contributed by atoms with Crippen LogP contribution in [0.4, 0.5) is 5.69 Å². The average molecular weight is 503 g/mol. The Morgan fingerprint density at radius 3 is 2.30 bits per heavy atom. The molecule has 2 saturated heterocycles. The number of benzene rings is 2. The number of amides is 3. The van der Waals surface area contributed by atoms with Gasteiger partial charge < -0.3 is 20.0 Å². The zero-order chi connectivity index (χ0) is 25.8. The standard InChI is InChI=1S/C30H38N4O3/c1-23-12-14-25(15-13-23)28(36)32-18-16-30(17-19-32)29(37)33(22-34(30)26-10-6-3-7-11-26)21-27(35)31-20-24-8-4-2-5-9-24/h3,6-7,10-15,24H,2,4-5,8-9,16-22H2,1H3,(H,31,35). The number of rotatable bonds is 6. The Balaban J connectivity index is 1.28. The summed E-state index contributed by atoms with van der Waals surface area (Å²) in [5.74, 6) is 0.461. The second kappa shape index (κ2) is 11.0. The summed E-state index contributed by atoms with van der Waals surface area (Å²) in [6.45, 7) is 4.16. The van der Waals surface area contributed by atoms with Gasteiger partial charge in [0.1, 0.15) is 12.1 Å². The molecule has 1 spiro atoms. The molecule has 1 N–H and O–H groups in total. The van der Waals surface area contributed by atoms with E-state index in [1.165, 1.54) is 32.1 Å². The molecular weight excluding hydrogens is 464 g/mol. The van der Waals surface area contributed by atoms with E-state index in [1.54, 1.807) is 4.90 Å². The highest BCUT2D eigenvalue weighted by molar-refractivity contribution is 5.97. The largest absolute Gasteiger partial charge is 0.354 e. The summed E-state index contributed by atoms with van der Waals surface area (Å²) in [6.07, 6.45) is 7.19. The first-order valence-electron chi connectivity index (χ1n) is 13.7. The maximum Gasteiger partial charge on any atom is 0.253 e. The Bertz CT molecular complexity index is 1100. The zero-order valence-electron chi connectivity index (χ0n) is 21.8. The molecule has 2 aromatic carbocycles. The molecule has 196 valence electrons. The number of para-hydroxylation sites is 1. The highest BCUT2D eigenvalue weighted by Crippen LogP contribution is 2.39. The Labute approximate surface area is 219 Å². The number of hydrogen-bond donors (Lipinski definition) is 1. The number of anilines is 1. The minimum atomic E-state index is -0.741. The SMILES string of the molecule is Cc1ccc(C(=O)N2CCC3(CC2)C(=O)N(CC(=O)NCC2CCCCC2)CN3c2ccccc2)cc1. The van der Waals surface area contributed by atoms with E-state index in [-0.39, 0.29) is 24.3 Å². The molecule has 5 rings (SSSR count). The van der Waals surface area contributed by atoms with Crippen molar-refractivity contribution < 1.29 is 14.4 Å². The van der Waals surface area contributed by atoms with Gasteiger partial charge in [-0.3, -0.25) is 14.4 Å². The van der Waals surface area contributed by atoms with Gasteiger partial charge in [-0.15, -0.1) is 0 Å². The molecule has 2 heterocycles. The number of piperidine rings is 1. The van der Waals surface area contributed by atoms with Crippen molar-refractivity contribution in [1.82, 2.24) is 15.1 Å². The molecule has 2 aliphatic heterocycles. The smallest absolute Gasteiger partial charge is 0.253 e. The Morgan fingerprint density at radius 2 is 1.62 bits per heavy atom. The number of hydrogen-bond acceptors (Lipinski definition) is 4. The van der Waals surface area contributed by atoms with Crippen molar-refractivity contribution in [2.45, 2.75) is 57.4 Å². The second-order valence-corrected chi connectivity index (χ2v) is 10.9.